The first-order chi connectivity index (χ1) is 8.21. The van der Waals surface area contributed by atoms with E-state index in [4.69, 9.17) is 11.6 Å². The maximum absolute atomic E-state index is 12.3. The molecular formula is C10H12N3O4S+. The minimum absolute atomic E-state index is 0.0207. The van der Waals surface area contributed by atoms with Crippen LogP contribution in [0, 0.1) is 0 Å². The number of rotatable bonds is 1. The Labute approximate surface area is 104 Å². The van der Waals surface area contributed by atoms with Crippen LogP contribution in [0.2, 0.25) is 0 Å². The Morgan fingerprint density at radius 3 is 2.44 bits per heavy atom. The van der Waals surface area contributed by atoms with Crippen LogP contribution in [-0.2, 0) is 14.8 Å². The molecule has 1 amide bonds. The third kappa shape index (κ3) is 1.37. The lowest BCUT2D eigenvalue weighted by Gasteiger charge is -2.31. The molecule has 2 rings (SSSR count). The van der Waals surface area contributed by atoms with Gasteiger partial charge in [0.2, 0.25) is 0 Å². The molecule has 1 aromatic carbocycles. The quantitative estimate of drug-likeness (QED) is 0.465. The number of hydrogen-bond donors (Lipinski definition) is 3. The van der Waals surface area contributed by atoms with E-state index in [-0.39, 0.29) is 10.5 Å². The van der Waals surface area contributed by atoms with Gasteiger partial charge in [-0.1, -0.05) is 12.1 Å². The van der Waals surface area contributed by atoms with E-state index in [0.29, 0.717) is 0 Å². The van der Waals surface area contributed by atoms with Crippen molar-refractivity contribution in [2.45, 2.75) is 4.90 Å². The van der Waals surface area contributed by atoms with Crippen molar-refractivity contribution in [1.82, 2.24) is 0 Å². The second-order valence-corrected chi connectivity index (χ2v) is 6.17. The molecule has 0 spiro atoms. The summed E-state index contributed by atoms with van der Waals surface area (Å²) in [7, 11) is -2.98. The van der Waals surface area contributed by atoms with E-state index in [2.05, 4.69) is 0 Å². The third-order valence-electron chi connectivity index (χ3n) is 2.82. The van der Waals surface area contributed by atoms with Crippen molar-refractivity contribution in [3.8, 4) is 0 Å². The first kappa shape index (κ1) is 12.6. The van der Waals surface area contributed by atoms with Crippen LogP contribution in [0.15, 0.2) is 34.9 Å². The van der Waals surface area contributed by atoms with E-state index in [1.807, 2.05) is 0 Å². The van der Waals surface area contributed by atoms with Gasteiger partial charge in [0.1, 0.15) is 11.9 Å². The fourth-order valence-corrected chi connectivity index (χ4v) is 3.40. The zero-order chi connectivity index (χ0) is 13.7. The number of carbonyl (C=O) groups is 1. The number of carbonyl (C=O) groups excluding carboxylic acids is 1. The molecule has 0 radical (unpaired) electrons. The molecule has 8 heteroatoms. The molecule has 1 atom stereocenters. The van der Waals surface area contributed by atoms with E-state index in [1.54, 1.807) is 0 Å². The van der Waals surface area contributed by atoms with Crippen LogP contribution in [0.5, 0.6) is 0 Å². The number of nitrogens with zero attached hydrogens (tertiary/aromatic N) is 1. The SMILES string of the molecule is C[N+]1(N)C(C(N)=O)=C(O)c2ccccc2S1(=O)=O. The summed E-state index contributed by atoms with van der Waals surface area (Å²) in [6.45, 7) is 0. The standard InChI is InChI=1S/C10H11N3O4S/c1-13(12)8(10(11)15)9(14)6-4-2-3-5-7(6)18(13,16)17/h2-5H,12H2,1H3,(H2-,11,14,15)/p+1. The van der Waals surface area contributed by atoms with Gasteiger partial charge >= 0.3 is 15.9 Å². The van der Waals surface area contributed by atoms with Crippen molar-refractivity contribution < 1.29 is 22.3 Å². The number of aliphatic hydroxyl groups is 1. The molecule has 1 heterocycles. The molecule has 5 N–H and O–H groups in total. The molecule has 0 saturated heterocycles. The van der Waals surface area contributed by atoms with E-state index >= 15 is 0 Å². The van der Waals surface area contributed by atoms with Crippen molar-refractivity contribution in [1.29, 1.82) is 0 Å². The van der Waals surface area contributed by atoms with E-state index in [1.165, 1.54) is 24.3 Å². The van der Waals surface area contributed by atoms with Crippen LogP contribution in [0.3, 0.4) is 0 Å². The number of aliphatic hydroxyl groups excluding tert-OH is 1. The summed E-state index contributed by atoms with van der Waals surface area (Å²) in [6, 6.07) is 5.72. The number of likely N-dealkylation sites (N-methyl/N-ethyl adjacent to an activating group) is 1. The highest BCUT2D eigenvalue weighted by molar-refractivity contribution is 7.86. The second kappa shape index (κ2) is 3.55. The molecule has 7 nitrogen and oxygen atoms in total. The fourth-order valence-electron chi connectivity index (χ4n) is 1.89. The topological polar surface area (TPSA) is 123 Å². The number of primary amides is 1. The molecule has 0 saturated carbocycles. The summed E-state index contributed by atoms with van der Waals surface area (Å²) in [5.74, 6) is 4.03. The molecular weight excluding hydrogens is 258 g/mol. The number of nitrogens with two attached hydrogens (primary N) is 2. The molecule has 0 fully saturated rings. The number of benzene rings is 1. The minimum Gasteiger partial charge on any atom is -0.502 e. The molecule has 1 unspecified atom stereocenters. The van der Waals surface area contributed by atoms with Gasteiger partial charge in [-0.15, -0.1) is 4.00 Å². The summed E-state index contributed by atoms with van der Waals surface area (Å²) in [5.41, 5.74) is 4.55. The zero-order valence-corrected chi connectivity index (χ0v) is 10.3. The van der Waals surface area contributed by atoms with Crippen LogP contribution < -0.4 is 11.6 Å². The van der Waals surface area contributed by atoms with Gasteiger partial charge in [-0.05, 0) is 12.1 Å². The van der Waals surface area contributed by atoms with Gasteiger partial charge in [-0.2, -0.15) is 14.3 Å². The first-order valence-corrected chi connectivity index (χ1v) is 6.38. The van der Waals surface area contributed by atoms with Gasteiger partial charge < -0.3 is 10.8 Å². The maximum Gasteiger partial charge on any atom is 0.350 e. The van der Waals surface area contributed by atoms with Crippen LogP contribution in [0.4, 0.5) is 0 Å². The Balaban J connectivity index is 2.97. The minimum atomic E-state index is -4.05. The predicted octanol–water partition coefficient (Wildman–Crippen LogP) is -0.579. The van der Waals surface area contributed by atoms with Crippen LogP contribution >= 0.6 is 0 Å². The molecule has 0 aliphatic carbocycles. The lowest BCUT2D eigenvalue weighted by molar-refractivity contribution is -0.751. The average Bonchev–Trinajstić information content (AvgIpc) is 2.26. The van der Waals surface area contributed by atoms with E-state index in [0.717, 1.165) is 7.05 Å². The van der Waals surface area contributed by atoms with Crippen molar-refractivity contribution in [3.63, 3.8) is 0 Å². The summed E-state index contributed by atoms with van der Waals surface area (Å²) < 4.78 is 23.3. The Hall–Kier alpha value is -1.90. The van der Waals surface area contributed by atoms with Crippen molar-refractivity contribution in [2.24, 2.45) is 11.6 Å². The highest BCUT2D eigenvalue weighted by atomic mass is 32.2. The van der Waals surface area contributed by atoms with E-state index in [9.17, 15) is 18.3 Å². The normalized spacial score (nSPS) is 25.7. The predicted molar refractivity (Wildman–Crippen MR) is 62.7 cm³/mol. The van der Waals surface area contributed by atoms with Gasteiger partial charge in [-0.3, -0.25) is 4.79 Å². The Morgan fingerprint density at radius 1 is 1.33 bits per heavy atom. The van der Waals surface area contributed by atoms with Gasteiger partial charge in [0.25, 0.3) is 5.70 Å². The van der Waals surface area contributed by atoms with Crippen LogP contribution in [-0.4, -0.2) is 30.5 Å². The van der Waals surface area contributed by atoms with Crippen LogP contribution in [0.25, 0.3) is 5.76 Å². The summed E-state index contributed by atoms with van der Waals surface area (Å²) in [5, 5.41) is 9.98. The average molecular weight is 270 g/mol. The molecule has 1 aliphatic rings. The zero-order valence-electron chi connectivity index (χ0n) is 9.49. The summed E-state index contributed by atoms with van der Waals surface area (Å²) >= 11 is 0. The summed E-state index contributed by atoms with van der Waals surface area (Å²) in [4.78, 5) is 11.2. The van der Waals surface area contributed by atoms with Gasteiger partial charge in [0.15, 0.2) is 5.76 Å². The number of hydrogen-bond acceptors (Lipinski definition) is 5. The van der Waals surface area contributed by atoms with Crippen LogP contribution in [0.1, 0.15) is 5.56 Å². The molecule has 18 heavy (non-hydrogen) atoms. The lowest BCUT2D eigenvalue weighted by Crippen LogP contribution is -2.58. The molecule has 0 bridgehead atoms. The van der Waals surface area contributed by atoms with Gasteiger partial charge in [-0.25, -0.2) is 0 Å². The maximum atomic E-state index is 12.3. The molecule has 96 valence electrons. The molecule has 0 aromatic heterocycles. The number of fused-ring (bicyclic) bond motifs is 1. The summed E-state index contributed by atoms with van der Waals surface area (Å²) in [6.07, 6.45) is 0. The second-order valence-electron chi connectivity index (χ2n) is 4.02. The number of sulfonamides is 1. The highest BCUT2D eigenvalue weighted by Gasteiger charge is 2.51. The van der Waals surface area contributed by atoms with Gasteiger partial charge in [0.05, 0.1) is 0 Å². The van der Waals surface area contributed by atoms with Crippen molar-refractivity contribution in [3.05, 3.63) is 35.5 Å². The Bertz CT molecular complexity index is 676. The van der Waals surface area contributed by atoms with Crippen molar-refractivity contribution in [2.75, 3.05) is 7.05 Å². The lowest BCUT2D eigenvalue weighted by atomic mass is 10.1. The largest absolute Gasteiger partial charge is 0.502 e. The Kier molecular flexibility index (Phi) is 2.47. The molecule has 1 aliphatic heterocycles. The third-order valence-corrected chi connectivity index (χ3v) is 4.91. The Morgan fingerprint density at radius 2 is 1.89 bits per heavy atom. The fraction of sp³-hybridized carbons (Fsp3) is 0.100. The van der Waals surface area contributed by atoms with Crippen molar-refractivity contribution >= 4 is 21.7 Å². The smallest absolute Gasteiger partial charge is 0.350 e. The highest BCUT2D eigenvalue weighted by Crippen LogP contribution is 2.37. The number of quaternary nitrogens is 1. The van der Waals surface area contributed by atoms with Gasteiger partial charge in [0, 0.05) is 5.56 Å². The monoisotopic (exact) mass is 270 g/mol. The number of amides is 1. The van der Waals surface area contributed by atoms with E-state index < -0.39 is 31.4 Å². The first-order valence-electron chi connectivity index (χ1n) is 4.94. The molecule has 1 aromatic rings.